The van der Waals surface area contributed by atoms with Crippen molar-refractivity contribution in [2.75, 3.05) is 23.4 Å². The number of hydrogen-bond acceptors (Lipinski definition) is 5. The molecule has 2 aromatic rings. The molecule has 2 rings (SSSR count). The van der Waals surface area contributed by atoms with Crippen LogP contribution in [0.4, 0.5) is 17.1 Å². The van der Waals surface area contributed by atoms with Crippen LogP contribution >= 0.6 is 0 Å². The molecule has 0 spiro atoms. The number of ketones is 1. The third kappa shape index (κ3) is 3.18. The van der Waals surface area contributed by atoms with Gasteiger partial charge in [0.05, 0.1) is 16.9 Å². The van der Waals surface area contributed by atoms with Crippen LogP contribution < -0.4 is 16.8 Å². The number of benzene rings is 2. The highest BCUT2D eigenvalue weighted by molar-refractivity contribution is 6.10. The summed E-state index contributed by atoms with van der Waals surface area (Å²) in [7, 11) is 0. The monoisotopic (exact) mass is 285 g/mol. The fourth-order valence-electron chi connectivity index (χ4n) is 1.83. The Morgan fingerprint density at radius 3 is 2.38 bits per heavy atom. The Balaban J connectivity index is 2.24. The fourth-order valence-corrected chi connectivity index (χ4v) is 1.83. The van der Waals surface area contributed by atoms with Gasteiger partial charge in [-0.2, -0.15) is 0 Å². The van der Waals surface area contributed by atoms with Crippen molar-refractivity contribution in [1.82, 2.24) is 0 Å². The lowest BCUT2D eigenvalue weighted by atomic mass is 10.1. The molecule has 0 aliphatic carbocycles. The normalized spacial score (nSPS) is 10.1. The summed E-state index contributed by atoms with van der Waals surface area (Å²) in [4.78, 5) is 23.5. The Bertz CT molecular complexity index is 698. The molecule has 2 aromatic carbocycles. The summed E-state index contributed by atoms with van der Waals surface area (Å²) in [6.07, 6.45) is 0. The zero-order valence-corrected chi connectivity index (χ0v) is 11.2. The number of hydrogen-bond donors (Lipinski definition) is 4. The first-order valence-corrected chi connectivity index (χ1v) is 6.22. The molecule has 21 heavy (non-hydrogen) atoms. The van der Waals surface area contributed by atoms with Crippen LogP contribution in [0.15, 0.2) is 42.5 Å². The number of para-hydroxylation sites is 2. The van der Waals surface area contributed by atoms with Gasteiger partial charge in [-0.1, -0.05) is 18.2 Å². The highest BCUT2D eigenvalue weighted by Crippen LogP contribution is 2.20. The van der Waals surface area contributed by atoms with Crippen molar-refractivity contribution < 1.29 is 14.7 Å². The smallest absolute Gasteiger partial charge is 0.257 e. The predicted molar refractivity (Wildman–Crippen MR) is 81.1 cm³/mol. The molecule has 0 bridgehead atoms. The van der Waals surface area contributed by atoms with E-state index in [1.807, 2.05) is 0 Å². The molecule has 6 nitrogen and oxygen atoms in total. The minimum atomic E-state index is -0.606. The summed E-state index contributed by atoms with van der Waals surface area (Å²) in [5, 5.41) is 11.5. The summed E-state index contributed by atoms with van der Waals surface area (Å²) >= 11 is 0. The van der Waals surface area contributed by atoms with Crippen molar-refractivity contribution in [2.24, 2.45) is 0 Å². The van der Waals surface area contributed by atoms with Crippen molar-refractivity contribution in [3.8, 4) is 0 Å². The molecule has 6 N–H and O–H groups in total. The molecule has 0 unspecified atom stereocenters. The predicted octanol–water partition coefficient (Wildman–Crippen LogP) is 1.28. The average molecular weight is 285 g/mol. The number of aliphatic hydroxyl groups excluding tert-OH is 1. The van der Waals surface area contributed by atoms with E-state index in [0.29, 0.717) is 11.4 Å². The fraction of sp³-hybridized carbons (Fsp3) is 0.0667. The van der Waals surface area contributed by atoms with Crippen LogP contribution in [-0.2, 0) is 0 Å². The molecule has 0 fully saturated rings. The summed E-state index contributed by atoms with van der Waals surface area (Å²) in [6, 6.07) is 11.1. The number of Topliss-reactive ketones (excluding diaryl/α,β-unsaturated/α-hetero) is 1. The lowest BCUT2D eigenvalue weighted by molar-refractivity contribution is 0.0903. The molecule has 0 aliphatic heterocycles. The van der Waals surface area contributed by atoms with Gasteiger partial charge in [0.1, 0.15) is 6.61 Å². The van der Waals surface area contributed by atoms with E-state index in [-0.39, 0.29) is 16.8 Å². The lowest BCUT2D eigenvalue weighted by Crippen LogP contribution is -2.16. The maximum Gasteiger partial charge on any atom is 0.257 e. The second-order valence-electron chi connectivity index (χ2n) is 4.42. The number of amides is 1. The van der Waals surface area contributed by atoms with E-state index in [9.17, 15) is 9.59 Å². The van der Waals surface area contributed by atoms with Crippen LogP contribution in [0.2, 0.25) is 0 Å². The van der Waals surface area contributed by atoms with Crippen molar-refractivity contribution >= 4 is 28.8 Å². The van der Waals surface area contributed by atoms with Crippen LogP contribution in [-0.4, -0.2) is 23.4 Å². The van der Waals surface area contributed by atoms with E-state index < -0.39 is 18.3 Å². The number of nitrogens with two attached hydrogens (primary N) is 2. The molecular weight excluding hydrogens is 270 g/mol. The summed E-state index contributed by atoms with van der Waals surface area (Å²) in [5.74, 6) is -0.880. The first-order chi connectivity index (χ1) is 10.0. The Kier molecular flexibility index (Phi) is 4.20. The van der Waals surface area contributed by atoms with Gasteiger partial charge in [0.2, 0.25) is 0 Å². The Morgan fingerprint density at radius 1 is 1.05 bits per heavy atom. The molecular formula is C15H15N3O3. The van der Waals surface area contributed by atoms with Gasteiger partial charge in [-0.25, -0.2) is 0 Å². The van der Waals surface area contributed by atoms with Crippen LogP contribution in [0.5, 0.6) is 0 Å². The molecule has 1 amide bonds. The number of carbonyl (C=O) groups excluding carboxylic acids is 2. The van der Waals surface area contributed by atoms with E-state index in [2.05, 4.69) is 5.32 Å². The van der Waals surface area contributed by atoms with Crippen molar-refractivity contribution in [2.45, 2.75) is 0 Å². The highest BCUT2D eigenvalue weighted by Gasteiger charge is 2.13. The quantitative estimate of drug-likeness (QED) is 0.498. The van der Waals surface area contributed by atoms with Gasteiger partial charge in [-0.3, -0.25) is 9.59 Å². The third-order valence-electron chi connectivity index (χ3n) is 2.97. The largest absolute Gasteiger partial charge is 0.398 e. The van der Waals surface area contributed by atoms with Crippen LogP contribution in [0.3, 0.4) is 0 Å². The second-order valence-corrected chi connectivity index (χ2v) is 4.42. The third-order valence-corrected chi connectivity index (χ3v) is 2.97. The number of nitrogen functional groups attached to an aromatic ring is 2. The van der Waals surface area contributed by atoms with Gasteiger partial charge in [0.15, 0.2) is 5.78 Å². The van der Waals surface area contributed by atoms with E-state index in [1.54, 1.807) is 24.3 Å². The zero-order valence-electron chi connectivity index (χ0n) is 11.2. The van der Waals surface area contributed by atoms with E-state index in [1.165, 1.54) is 18.2 Å². The van der Waals surface area contributed by atoms with Crippen LogP contribution in [0, 0.1) is 0 Å². The standard InChI is InChI=1S/C15H15N3O3/c16-11-3-1-2-4-13(11)18-15(21)10-6-5-9(7-12(10)17)14(20)8-19/h1-7,19H,8,16-17H2,(H,18,21). The molecule has 0 saturated heterocycles. The van der Waals surface area contributed by atoms with Gasteiger partial charge in [0.25, 0.3) is 5.91 Å². The first-order valence-electron chi connectivity index (χ1n) is 6.22. The van der Waals surface area contributed by atoms with Crippen molar-refractivity contribution in [1.29, 1.82) is 0 Å². The Morgan fingerprint density at radius 2 is 1.76 bits per heavy atom. The van der Waals surface area contributed by atoms with Gasteiger partial charge in [-0.15, -0.1) is 0 Å². The summed E-state index contributed by atoms with van der Waals surface area (Å²) in [5.41, 5.74) is 13.1. The number of aliphatic hydroxyl groups is 1. The maximum absolute atomic E-state index is 12.2. The molecule has 0 saturated carbocycles. The van der Waals surface area contributed by atoms with Crippen LogP contribution in [0.25, 0.3) is 0 Å². The average Bonchev–Trinajstić information content (AvgIpc) is 2.48. The Labute approximate surface area is 121 Å². The topological polar surface area (TPSA) is 118 Å². The minimum absolute atomic E-state index is 0.154. The molecule has 0 aromatic heterocycles. The van der Waals surface area contributed by atoms with Gasteiger partial charge in [0, 0.05) is 11.3 Å². The van der Waals surface area contributed by atoms with Gasteiger partial charge >= 0.3 is 0 Å². The number of carbonyl (C=O) groups is 2. The molecule has 0 heterocycles. The van der Waals surface area contributed by atoms with Crippen molar-refractivity contribution in [3.05, 3.63) is 53.6 Å². The number of rotatable bonds is 4. The molecule has 0 atom stereocenters. The zero-order chi connectivity index (χ0) is 15.4. The summed E-state index contributed by atoms with van der Waals surface area (Å²) < 4.78 is 0. The summed E-state index contributed by atoms with van der Waals surface area (Å²) in [6.45, 7) is -0.606. The Hall–Kier alpha value is -2.86. The molecule has 6 heteroatoms. The minimum Gasteiger partial charge on any atom is -0.398 e. The highest BCUT2D eigenvalue weighted by atomic mass is 16.3. The van der Waals surface area contributed by atoms with E-state index >= 15 is 0 Å². The SMILES string of the molecule is Nc1ccccc1NC(=O)c1ccc(C(=O)CO)cc1N. The van der Waals surface area contributed by atoms with Gasteiger partial charge in [-0.05, 0) is 24.3 Å². The van der Waals surface area contributed by atoms with E-state index in [0.717, 1.165) is 0 Å². The van der Waals surface area contributed by atoms with Crippen LogP contribution in [0.1, 0.15) is 20.7 Å². The molecule has 108 valence electrons. The van der Waals surface area contributed by atoms with E-state index in [4.69, 9.17) is 16.6 Å². The lowest BCUT2D eigenvalue weighted by Gasteiger charge is -2.10. The number of anilines is 3. The first kappa shape index (κ1) is 14.5. The second kappa shape index (κ2) is 6.06. The van der Waals surface area contributed by atoms with Crippen molar-refractivity contribution in [3.63, 3.8) is 0 Å². The maximum atomic E-state index is 12.2. The van der Waals surface area contributed by atoms with Gasteiger partial charge < -0.3 is 21.9 Å². The molecule has 0 aliphatic rings. The number of nitrogens with one attached hydrogen (secondary N) is 1. The molecule has 0 radical (unpaired) electrons.